The Kier molecular flexibility index (Phi) is 5.37. The summed E-state index contributed by atoms with van der Waals surface area (Å²) in [6.07, 6.45) is 3.10. The van der Waals surface area contributed by atoms with E-state index in [0.717, 1.165) is 11.1 Å². The Balaban J connectivity index is 2.00. The number of aromatic nitrogens is 2. The third-order valence-electron chi connectivity index (χ3n) is 4.65. The average Bonchev–Trinajstić information content (AvgIpc) is 2.69. The number of rotatable bonds is 6. The van der Waals surface area contributed by atoms with Crippen molar-refractivity contribution in [2.24, 2.45) is 0 Å². The largest absolute Gasteiger partial charge is 0.388 e. The highest BCUT2D eigenvalue weighted by molar-refractivity contribution is 5.96. The zero-order chi connectivity index (χ0) is 19.4. The van der Waals surface area contributed by atoms with Crippen molar-refractivity contribution in [3.63, 3.8) is 0 Å². The maximum atomic E-state index is 13.4. The number of hydrogen-bond acceptors (Lipinski definition) is 4. The Morgan fingerprint density at radius 2 is 1.37 bits per heavy atom. The van der Waals surface area contributed by atoms with Gasteiger partial charge in [-0.05, 0) is 35.4 Å². The van der Waals surface area contributed by atoms with E-state index in [0.29, 0.717) is 12.2 Å². The van der Waals surface area contributed by atoms with Crippen LogP contribution in [0.4, 0.5) is 8.78 Å². The molecule has 0 aliphatic rings. The molecule has 1 heterocycles. The molecule has 3 aromatic rings. The minimum absolute atomic E-state index is 0.228. The molecule has 0 unspecified atom stereocenters. The molecule has 0 radical (unpaired) electrons. The molecule has 6 heteroatoms. The third-order valence-corrected chi connectivity index (χ3v) is 4.65. The number of aliphatic hydroxyl groups is 1. The molecule has 2 aromatic carbocycles. The molecule has 0 saturated heterocycles. The van der Waals surface area contributed by atoms with Crippen LogP contribution in [0, 0.1) is 11.6 Å². The van der Waals surface area contributed by atoms with Crippen LogP contribution in [-0.2, 0) is 11.8 Å². The number of nitrogens with zero attached hydrogens (tertiary/aromatic N) is 2. The lowest BCUT2D eigenvalue weighted by molar-refractivity contribution is 0.0903. The van der Waals surface area contributed by atoms with Crippen molar-refractivity contribution >= 4 is 5.78 Å². The van der Waals surface area contributed by atoms with Crippen molar-refractivity contribution in [2.75, 3.05) is 6.61 Å². The van der Waals surface area contributed by atoms with Crippen LogP contribution < -0.4 is 0 Å². The number of ketones is 1. The second-order valence-corrected chi connectivity index (χ2v) is 6.49. The van der Waals surface area contributed by atoms with E-state index in [1.807, 2.05) is 6.92 Å². The summed E-state index contributed by atoms with van der Waals surface area (Å²) < 4.78 is 26.8. The van der Waals surface area contributed by atoms with Gasteiger partial charge >= 0.3 is 0 Å². The summed E-state index contributed by atoms with van der Waals surface area (Å²) in [5.74, 6) is -0.673. The highest BCUT2D eigenvalue weighted by Gasteiger charge is 2.30. The van der Waals surface area contributed by atoms with E-state index in [1.165, 1.54) is 36.7 Å². The SMILES string of the molecule is CC(Cc1ncc(C(=O)CO)cn1)(c1ccc(F)cc1)c1ccc(F)cc1. The molecule has 27 heavy (non-hydrogen) atoms. The van der Waals surface area contributed by atoms with Crippen LogP contribution in [0.3, 0.4) is 0 Å². The van der Waals surface area contributed by atoms with E-state index >= 15 is 0 Å². The van der Waals surface area contributed by atoms with Gasteiger partial charge in [-0.3, -0.25) is 4.79 Å². The predicted octanol–water partition coefficient (Wildman–Crippen LogP) is 3.48. The van der Waals surface area contributed by atoms with Crippen LogP contribution in [0.2, 0.25) is 0 Å². The minimum atomic E-state index is -0.635. The minimum Gasteiger partial charge on any atom is -0.388 e. The fourth-order valence-corrected chi connectivity index (χ4v) is 3.00. The molecular formula is C21H18F2N2O2. The van der Waals surface area contributed by atoms with Crippen LogP contribution in [-0.4, -0.2) is 27.5 Å². The lowest BCUT2D eigenvalue weighted by Crippen LogP contribution is -2.28. The monoisotopic (exact) mass is 368 g/mol. The van der Waals surface area contributed by atoms with Gasteiger partial charge in [0.25, 0.3) is 0 Å². The van der Waals surface area contributed by atoms with E-state index in [4.69, 9.17) is 5.11 Å². The van der Waals surface area contributed by atoms with Crippen LogP contribution in [0.1, 0.15) is 34.2 Å². The first-order valence-electron chi connectivity index (χ1n) is 8.39. The molecule has 3 rings (SSSR count). The second kappa shape index (κ2) is 7.72. The molecule has 0 atom stereocenters. The zero-order valence-electron chi connectivity index (χ0n) is 14.7. The van der Waals surface area contributed by atoms with E-state index < -0.39 is 17.8 Å². The molecule has 0 spiro atoms. The van der Waals surface area contributed by atoms with E-state index in [-0.39, 0.29) is 17.2 Å². The summed E-state index contributed by atoms with van der Waals surface area (Å²) in [7, 11) is 0. The predicted molar refractivity (Wildman–Crippen MR) is 96.4 cm³/mol. The lowest BCUT2D eigenvalue weighted by Gasteiger charge is -2.30. The van der Waals surface area contributed by atoms with Gasteiger partial charge in [0, 0.05) is 24.2 Å². The Bertz CT molecular complexity index is 878. The van der Waals surface area contributed by atoms with Crippen molar-refractivity contribution < 1.29 is 18.7 Å². The van der Waals surface area contributed by atoms with Gasteiger partial charge in [-0.15, -0.1) is 0 Å². The smallest absolute Gasteiger partial charge is 0.191 e. The van der Waals surface area contributed by atoms with Crippen molar-refractivity contribution in [1.82, 2.24) is 9.97 Å². The Hall–Kier alpha value is -2.99. The van der Waals surface area contributed by atoms with Crippen LogP contribution in [0.5, 0.6) is 0 Å². The first-order valence-corrected chi connectivity index (χ1v) is 8.39. The Labute approximate surface area is 155 Å². The Morgan fingerprint density at radius 3 is 1.78 bits per heavy atom. The quantitative estimate of drug-likeness (QED) is 0.677. The number of carbonyl (C=O) groups excluding carboxylic acids is 1. The first-order chi connectivity index (χ1) is 12.9. The third kappa shape index (κ3) is 4.06. The van der Waals surface area contributed by atoms with Gasteiger partial charge in [0.05, 0.1) is 5.56 Å². The van der Waals surface area contributed by atoms with Crippen molar-refractivity contribution in [2.45, 2.75) is 18.8 Å². The maximum absolute atomic E-state index is 13.4. The second-order valence-electron chi connectivity index (χ2n) is 6.49. The molecule has 1 aromatic heterocycles. The number of Topliss-reactive ketones (excluding diaryl/α,β-unsaturated/α-hetero) is 1. The molecule has 0 bridgehead atoms. The number of halogens is 2. The molecule has 0 aliphatic carbocycles. The van der Waals surface area contributed by atoms with Crippen molar-refractivity contribution in [3.05, 3.63) is 95.1 Å². The topological polar surface area (TPSA) is 63.1 Å². The fraction of sp³-hybridized carbons (Fsp3) is 0.190. The van der Waals surface area contributed by atoms with Gasteiger partial charge in [-0.1, -0.05) is 31.2 Å². The van der Waals surface area contributed by atoms with E-state index in [9.17, 15) is 13.6 Å². The highest BCUT2D eigenvalue weighted by Crippen LogP contribution is 2.35. The summed E-state index contributed by atoms with van der Waals surface area (Å²) in [5.41, 5.74) is 1.25. The molecule has 138 valence electrons. The van der Waals surface area contributed by atoms with Gasteiger partial charge in [-0.25, -0.2) is 18.7 Å². The van der Waals surface area contributed by atoms with Crippen LogP contribution in [0.25, 0.3) is 0 Å². The number of hydrogen-bond donors (Lipinski definition) is 1. The molecule has 1 N–H and O–H groups in total. The van der Waals surface area contributed by atoms with Gasteiger partial charge in [0.1, 0.15) is 24.1 Å². The molecule has 4 nitrogen and oxygen atoms in total. The van der Waals surface area contributed by atoms with Gasteiger partial charge < -0.3 is 5.11 Å². The van der Waals surface area contributed by atoms with Crippen molar-refractivity contribution in [3.8, 4) is 0 Å². The first kappa shape index (κ1) is 18.8. The molecular weight excluding hydrogens is 350 g/mol. The molecule has 0 amide bonds. The Morgan fingerprint density at radius 1 is 0.926 bits per heavy atom. The van der Waals surface area contributed by atoms with E-state index in [2.05, 4.69) is 9.97 Å². The lowest BCUT2D eigenvalue weighted by atomic mass is 9.73. The van der Waals surface area contributed by atoms with Crippen molar-refractivity contribution in [1.29, 1.82) is 0 Å². The number of benzene rings is 2. The van der Waals surface area contributed by atoms with E-state index in [1.54, 1.807) is 24.3 Å². The fourth-order valence-electron chi connectivity index (χ4n) is 3.00. The zero-order valence-corrected chi connectivity index (χ0v) is 14.7. The van der Waals surface area contributed by atoms with Gasteiger partial charge in [-0.2, -0.15) is 0 Å². The summed E-state index contributed by atoms with van der Waals surface area (Å²) in [4.78, 5) is 20.0. The number of aliphatic hydroxyl groups excluding tert-OH is 1. The van der Waals surface area contributed by atoms with Crippen LogP contribution >= 0.6 is 0 Å². The summed E-state index contributed by atoms with van der Waals surface area (Å²) in [5, 5.41) is 8.92. The molecule has 0 saturated carbocycles. The summed E-state index contributed by atoms with van der Waals surface area (Å²) in [6.45, 7) is 1.34. The average molecular weight is 368 g/mol. The number of carbonyl (C=O) groups is 1. The highest BCUT2D eigenvalue weighted by atomic mass is 19.1. The standard InChI is InChI=1S/C21H18F2N2O2/c1-21(15-2-6-17(22)7-3-15,16-4-8-18(23)9-5-16)10-20-24-11-14(12-25-20)19(27)13-26/h2-9,11-12,26H,10,13H2,1H3. The summed E-state index contributed by atoms with van der Waals surface area (Å²) >= 11 is 0. The van der Waals surface area contributed by atoms with Gasteiger partial charge in [0.2, 0.25) is 0 Å². The van der Waals surface area contributed by atoms with Gasteiger partial charge in [0.15, 0.2) is 5.78 Å². The maximum Gasteiger partial charge on any atom is 0.191 e. The normalized spacial score (nSPS) is 11.4. The molecule has 0 fully saturated rings. The van der Waals surface area contributed by atoms with Crippen LogP contribution in [0.15, 0.2) is 60.9 Å². The summed E-state index contributed by atoms with van der Waals surface area (Å²) in [6, 6.07) is 12.2. The molecule has 0 aliphatic heterocycles.